The molecular weight excluding hydrogens is 475 g/mol. The molecule has 2 aliphatic rings. The lowest BCUT2D eigenvalue weighted by atomic mass is 9.90. The lowest BCUT2D eigenvalue weighted by Crippen LogP contribution is -2.47. The van der Waals surface area contributed by atoms with E-state index < -0.39 is 11.3 Å². The van der Waals surface area contributed by atoms with E-state index in [-0.39, 0.29) is 32.3 Å². The van der Waals surface area contributed by atoms with Crippen LogP contribution in [0.3, 0.4) is 0 Å². The van der Waals surface area contributed by atoms with E-state index in [0.29, 0.717) is 46.0 Å². The van der Waals surface area contributed by atoms with Gasteiger partial charge in [-0.3, -0.25) is 9.78 Å². The zero-order valence-corrected chi connectivity index (χ0v) is 20.2. The number of carbonyl (C=O) groups excluding carboxylic acids is 1. The molecule has 0 unspecified atom stereocenters. The van der Waals surface area contributed by atoms with Gasteiger partial charge in [-0.25, -0.2) is 14.4 Å². The van der Waals surface area contributed by atoms with Crippen LogP contribution >= 0.6 is 0 Å². The molecule has 6 rings (SSSR count). The highest BCUT2D eigenvalue weighted by molar-refractivity contribution is 5.94. The predicted octanol–water partition coefficient (Wildman–Crippen LogP) is 3.55. The van der Waals surface area contributed by atoms with Gasteiger partial charge in [0, 0.05) is 17.1 Å². The maximum Gasteiger partial charge on any atom is 0.251 e. The molecule has 0 radical (unpaired) electrons. The minimum atomic E-state index is -1.63. The van der Waals surface area contributed by atoms with Crippen molar-refractivity contribution in [1.82, 2.24) is 20.3 Å². The highest BCUT2D eigenvalue weighted by Gasteiger charge is 2.39. The van der Waals surface area contributed by atoms with Gasteiger partial charge >= 0.3 is 0 Å². The maximum absolute atomic E-state index is 14.9. The first-order valence-corrected chi connectivity index (χ1v) is 12.0. The van der Waals surface area contributed by atoms with Crippen molar-refractivity contribution in [2.45, 2.75) is 31.3 Å². The number of ether oxygens (including phenoxy) is 2. The first-order chi connectivity index (χ1) is 17.8. The van der Waals surface area contributed by atoms with Crippen LogP contribution in [0.1, 0.15) is 39.8 Å². The second-order valence-electron chi connectivity index (χ2n) is 9.74. The molecule has 2 aliphatic heterocycles. The van der Waals surface area contributed by atoms with Crippen LogP contribution in [0.15, 0.2) is 60.8 Å². The van der Waals surface area contributed by atoms with E-state index in [0.717, 1.165) is 10.9 Å². The molecular formula is C28H25FN4O4. The van der Waals surface area contributed by atoms with E-state index >= 15 is 0 Å². The van der Waals surface area contributed by atoms with Crippen molar-refractivity contribution in [2.75, 3.05) is 19.8 Å². The number of benzene rings is 1. The molecule has 1 aromatic carbocycles. The van der Waals surface area contributed by atoms with Gasteiger partial charge in [-0.15, -0.1) is 0 Å². The maximum atomic E-state index is 14.9. The Morgan fingerprint density at radius 3 is 2.70 bits per heavy atom. The Bertz CT molecular complexity index is 1520. The second kappa shape index (κ2) is 8.95. The van der Waals surface area contributed by atoms with Crippen LogP contribution < -0.4 is 5.32 Å². The molecule has 1 amide bonds. The number of hydrogen-bond donors (Lipinski definition) is 2. The summed E-state index contributed by atoms with van der Waals surface area (Å²) >= 11 is 0. The molecule has 0 aliphatic carbocycles. The Balaban J connectivity index is 1.20. The molecule has 3 aromatic heterocycles. The summed E-state index contributed by atoms with van der Waals surface area (Å²) in [4.78, 5) is 26.6. The van der Waals surface area contributed by atoms with Crippen LogP contribution in [0.5, 0.6) is 0 Å². The normalized spacial score (nSPS) is 20.2. The number of alkyl halides is 1. The topological polar surface area (TPSA) is 106 Å². The third-order valence-corrected chi connectivity index (χ3v) is 6.79. The largest absolute Gasteiger partial charge is 0.379 e. The average molecular weight is 501 g/mol. The van der Waals surface area contributed by atoms with E-state index in [4.69, 9.17) is 14.5 Å². The van der Waals surface area contributed by atoms with Gasteiger partial charge in [-0.1, -0.05) is 12.1 Å². The molecule has 0 bridgehead atoms. The number of aliphatic hydroxyl groups is 1. The number of pyridine rings is 3. The lowest BCUT2D eigenvalue weighted by molar-refractivity contribution is -0.186. The molecule has 1 fully saturated rings. The monoisotopic (exact) mass is 500 g/mol. The SMILES string of the molecule is C[C@@]1(F)COCc2ccc(C(=O)NCc3cc4nc(-c5cccc(C6(O)COC6)n5)ccc4cn3)cc21. The van der Waals surface area contributed by atoms with Crippen molar-refractivity contribution >= 4 is 16.8 Å². The van der Waals surface area contributed by atoms with Gasteiger partial charge in [0.15, 0.2) is 11.3 Å². The van der Waals surface area contributed by atoms with Crippen LogP contribution in [-0.4, -0.2) is 45.8 Å². The number of carbonyl (C=O) groups is 1. The minimum Gasteiger partial charge on any atom is -0.379 e. The molecule has 2 N–H and O–H groups in total. The number of halogens is 1. The number of nitrogens with zero attached hydrogens (tertiary/aromatic N) is 3. The van der Waals surface area contributed by atoms with E-state index in [9.17, 15) is 14.3 Å². The van der Waals surface area contributed by atoms with E-state index in [2.05, 4.69) is 15.3 Å². The van der Waals surface area contributed by atoms with Crippen molar-refractivity contribution in [3.63, 3.8) is 0 Å². The summed E-state index contributed by atoms with van der Waals surface area (Å²) < 4.78 is 25.3. The zero-order valence-electron chi connectivity index (χ0n) is 20.2. The summed E-state index contributed by atoms with van der Waals surface area (Å²) in [6, 6.07) is 16.1. The van der Waals surface area contributed by atoms with E-state index in [1.165, 1.54) is 6.92 Å². The third kappa shape index (κ3) is 4.46. The van der Waals surface area contributed by atoms with Crippen LogP contribution in [-0.2, 0) is 33.9 Å². The standard InChI is InChI=1S/C28H25FN4O4/c1-27(29)14-36-13-19-6-5-17(9-21(19)27)26(34)31-12-20-10-24-18(11-30-20)7-8-23(32-24)22-3-2-4-25(33-22)28(35)15-37-16-28/h2-11,35H,12-16H2,1H3,(H,31,34)/t27-/m1/s1. The molecule has 0 spiro atoms. The third-order valence-electron chi connectivity index (χ3n) is 6.79. The molecule has 0 saturated carbocycles. The summed E-state index contributed by atoms with van der Waals surface area (Å²) in [6.07, 6.45) is 1.71. The first kappa shape index (κ1) is 23.6. The smallest absolute Gasteiger partial charge is 0.251 e. The fourth-order valence-electron chi connectivity index (χ4n) is 4.61. The number of aromatic nitrogens is 3. The highest BCUT2D eigenvalue weighted by Crippen LogP contribution is 2.34. The van der Waals surface area contributed by atoms with Crippen molar-refractivity contribution in [2.24, 2.45) is 0 Å². The van der Waals surface area contributed by atoms with Crippen LogP contribution in [0.2, 0.25) is 0 Å². The molecule has 8 nitrogen and oxygen atoms in total. The molecule has 1 saturated heterocycles. The second-order valence-corrected chi connectivity index (χ2v) is 9.74. The van der Waals surface area contributed by atoms with Gasteiger partial charge < -0.3 is 19.9 Å². The zero-order chi connectivity index (χ0) is 25.6. The minimum absolute atomic E-state index is 0.0316. The van der Waals surface area contributed by atoms with Gasteiger partial charge in [-0.2, -0.15) is 0 Å². The summed E-state index contributed by atoms with van der Waals surface area (Å²) in [5.74, 6) is -0.312. The van der Waals surface area contributed by atoms with E-state index in [1.807, 2.05) is 30.3 Å². The van der Waals surface area contributed by atoms with Crippen LogP contribution in [0, 0.1) is 0 Å². The molecule has 4 aromatic rings. The molecule has 1 atom stereocenters. The number of hydrogen-bond acceptors (Lipinski definition) is 7. The predicted molar refractivity (Wildman–Crippen MR) is 133 cm³/mol. The number of amides is 1. The summed E-state index contributed by atoms with van der Waals surface area (Å²) in [5.41, 5.74) is 2.13. The molecule has 188 valence electrons. The van der Waals surface area contributed by atoms with Crippen LogP contribution in [0.4, 0.5) is 4.39 Å². The Morgan fingerprint density at radius 1 is 1.05 bits per heavy atom. The van der Waals surface area contributed by atoms with Crippen LogP contribution in [0.25, 0.3) is 22.3 Å². The van der Waals surface area contributed by atoms with Crippen molar-refractivity contribution in [3.05, 3.63) is 88.9 Å². The number of nitrogens with one attached hydrogen (secondary N) is 1. The van der Waals surface area contributed by atoms with Gasteiger partial charge in [0.1, 0.15) is 0 Å². The molecule has 5 heterocycles. The highest BCUT2D eigenvalue weighted by atomic mass is 19.1. The summed E-state index contributed by atoms with van der Waals surface area (Å²) in [7, 11) is 0. The summed E-state index contributed by atoms with van der Waals surface area (Å²) in [5, 5.41) is 14.3. The Morgan fingerprint density at radius 2 is 1.89 bits per heavy atom. The van der Waals surface area contributed by atoms with E-state index in [1.54, 1.807) is 30.5 Å². The Hall–Kier alpha value is -3.79. The molecule has 37 heavy (non-hydrogen) atoms. The molecule has 9 heteroatoms. The van der Waals surface area contributed by atoms with Gasteiger partial charge in [-0.05, 0) is 60.5 Å². The lowest BCUT2D eigenvalue weighted by Gasteiger charge is -2.35. The fraction of sp³-hybridized carbons (Fsp3) is 0.286. The number of rotatable bonds is 5. The fourth-order valence-corrected chi connectivity index (χ4v) is 4.61. The van der Waals surface area contributed by atoms with Gasteiger partial charge in [0.2, 0.25) is 0 Å². The number of fused-ring (bicyclic) bond motifs is 2. The Labute approximate surface area is 212 Å². The first-order valence-electron chi connectivity index (χ1n) is 12.0. The van der Waals surface area contributed by atoms with Gasteiger partial charge in [0.25, 0.3) is 5.91 Å². The Kier molecular flexibility index (Phi) is 5.71. The van der Waals surface area contributed by atoms with Crippen molar-refractivity contribution in [1.29, 1.82) is 0 Å². The summed E-state index contributed by atoms with van der Waals surface area (Å²) in [6.45, 7) is 2.40. The average Bonchev–Trinajstić information content (AvgIpc) is 2.89. The quantitative estimate of drug-likeness (QED) is 0.432. The van der Waals surface area contributed by atoms with Gasteiger partial charge in [0.05, 0.1) is 61.3 Å². The van der Waals surface area contributed by atoms with Crippen molar-refractivity contribution in [3.8, 4) is 11.4 Å². The van der Waals surface area contributed by atoms with Crippen molar-refractivity contribution < 1.29 is 23.8 Å².